The molecular weight excluding hydrogens is 258 g/mol. The van der Waals surface area contributed by atoms with E-state index in [9.17, 15) is 4.79 Å². The van der Waals surface area contributed by atoms with Crippen LogP contribution in [0.3, 0.4) is 0 Å². The van der Waals surface area contributed by atoms with Gasteiger partial charge in [-0.2, -0.15) is 0 Å². The number of ether oxygens (including phenoxy) is 1. The summed E-state index contributed by atoms with van der Waals surface area (Å²) in [5.41, 5.74) is 7.11. The van der Waals surface area contributed by atoms with Crippen LogP contribution in [-0.2, 0) is 0 Å². The Morgan fingerprint density at radius 2 is 2.13 bits per heavy atom. The number of ketones is 1. The van der Waals surface area contributed by atoms with Crippen LogP contribution in [0.5, 0.6) is 5.75 Å². The first-order valence-corrected chi connectivity index (χ1v) is 5.40. The minimum absolute atomic E-state index is 0.126. The average Bonchev–Trinajstić information content (AvgIpc) is 2.15. The fourth-order valence-corrected chi connectivity index (χ4v) is 2.09. The largest absolute Gasteiger partial charge is 0.496 e. The summed E-state index contributed by atoms with van der Waals surface area (Å²) in [5.74, 6) is 0.433. The van der Waals surface area contributed by atoms with E-state index in [1.165, 1.54) is 0 Å². The van der Waals surface area contributed by atoms with Crippen molar-refractivity contribution in [1.29, 1.82) is 0 Å². The van der Waals surface area contributed by atoms with Crippen molar-refractivity contribution in [2.24, 2.45) is 5.73 Å². The number of methoxy groups -OCH3 is 1. The Balaban J connectivity index is 3.33. The summed E-state index contributed by atoms with van der Waals surface area (Å²) in [6.07, 6.45) is 0. The second-order valence-corrected chi connectivity index (χ2v) is 4.33. The topological polar surface area (TPSA) is 52.3 Å². The molecule has 0 aliphatic rings. The lowest BCUT2D eigenvalue weighted by Crippen LogP contribution is -2.27. The van der Waals surface area contributed by atoms with Crippen LogP contribution < -0.4 is 10.5 Å². The molecule has 3 nitrogen and oxygen atoms in total. The summed E-state index contributed by atoms with van der Waals surface area (Å²) in [5, 5.41) is 0. The van der Waals surface area contributed by atoms with Gasteiger partial charge in [-0.05, 0) is 47.5 Å². The first-order chi connectivity index (χ1) is 6.97. The van der Waals surface area contributed by atoms with Gasteiger partial charge in [-0.1, -0.05) is 0 Å². The van der Waals surface area contributed by atoms with Crippen molar-refractivity contribution in [3.63, 3.8) is 0 Å². The van der Waals surface area contributed by atoms with Crippen LogP contribution in [0.25, 0.3) is 0 Å². The average molecular weight is 272 g/mol. The molecule has 1 atom stereocenters. The Bertz CT molecular complexity index is 388. The number of carbonyl (C=O) groups excluding carboxylic acids is 1. The molecular formula is C11H14BrNO2. The van der Waals surface area contributed by atoms with E-state index in [0.29, 0.717) is 11.3 Å². The van der Waals surface area contributed by atoms with E-state index < -0.39 is 6.04 Å². The van der Waals surface area contributed by atoms with Crippen molar-refractivity contribution in [3.8, 4) is 5.75 Å². The van der Waals surface area contributed by atoms with Gasteiger partial charge in [0.05, 0.1) is 18.7 Å². The molecule has 0 spiro atoms. The standard InChI is InChI=1S/C11H14BrNO2/c1-6-4-8(12)10(9(5-6)15-3)11(14)7(2)13/h4-5,7H,13H2,1-3H3. The molecule has 4 heteroatoms. The summed E-state index contributed by atoms with van der Waals surface area (Å²) in [6.45, 7) is 3.60. The summed E-state index contributed by atoms with van der Waals surface area (Å²) >= 11 is 3.35. The predicted octanol–water partition coefficient (Wildman–Crippen LogP) is 2.30. The van der Waals surface area contributed by atoms with E-state index in [0.717, 1.165) is 10.0 Å². The van der Waals surface area contributed by atoms with E-state index in [1.54, 1.807) is 14.0 Å². The number of carbonyl (C=O) groups is 1. The molecule has 15 heavy (non-hydrogen) atoms. The van der Waals surface area contributed by atoms with Crippen LogP contribution in [0.1, 0.15) is 22.8 Å². The predicted molar refractivity (Wildman–Crippen MR) is 63.4 cm³/mol. The molecule has 0 fully saturated rings. The number of rotatable bonds is 3. The van der Waals surface area contributed by atoms with Crippen LogP contribution in [0.4, 0.5) is 0 Å². The Labute approximate surface area is 97.7 Å². The van der Waals surface area contributed by atoms with E-state index >= 15 is 0 Å². The molecule has 82 valence electrons. The van der Waals surface area contributed by atoms with Gasteiger partial charge in [0, 0.05) is 4.47 Å². The van der Waals surface area contributed by atoms with Gasteiger partial charge in [-0.25, -0.2) is 0 Å². The quantitative estimate of drug-likeness (QED) is 0.859. The highest BCUT2D eigenvalue weighted by Crippen LogP contribution is 2.29. The zero-order chi connectivity index (χ0) is 11.6. The molecule has 1 aromatic rings. The lowest BCUT2D eigenvalue weighted by atomic mass is 10.0. The smallest absolute Gasteiger partial charge is 0.184 e. The maximum absolute atomic E-state index is 11.8. The fourth-order valence-electron chi connectivity index (χ4n) is 1.34. The van der Waals surface area contributed by atoms with Gasteiger partial charge < -0.3 is 10.5 Å². The number of halogens is 1. The van der Waals surface area contributed by atoms with Gasteiger partial charge in [0.25, 0.3) is 0 Å². The van der Waals surface area contributed by atoms with Crippen LogP contribution in [0, 0.1) is 6.92 Å². The van der Waals surface area contributed by atoms with Crippen LogP contribution in [-0.4, -0.2) is 18.9 Å². The van der Waals surface area contributed by atoms with Crippen molar-refractivity contribution in [1.82, 2.24) is 0 Å². The van der Waals surface area contributed by atoms with Crippen molar-refractivity contribution >= 4 is 21.7 Å². The van der Waals surface area contributed by atoms with Crippen LogP contribution in [0.15, 0.2) is 16.6 Å². The number of Topliss-reactive ketones (excluding diaryl/α,β-unsaturated/α-hetero) is 1. The highest BCUT2D eigenvalue weighted by atomic mass is 79.9. The molecule has 0 aliphatic carbocycles. The second kappa shape index (κ2) is 4.77. The summed E-state index contributed by atoms with van der Waals surface area (Å²) in [7, 11) is 1.54. The van der Waals surface area contributed by atoms with Crippen molar-refractivity contribution < 1.29 is 9.53 Å². The summed E-state index contributed by atoms with van der Waals surface area (Å²) in [4.78, 5) is 11.8. The van der Waals surface area contributed by atoms with Crippen LogP contribution in [0.2, 0.25) is 0 Å². The number of benzene rings is 1. The summed E-state index contributed by atoms with van der Waals surface area (Å²) < 4.78 is 5.90. The van der Waals surface area contributed by atoms with Gasteiger partial charge in [-0.3, -0.25) is 4.79 Å². The molecule has 0 aliphatic heterocycles. The molecule has 2 N–H and O–H groups in total. The molecule has 0 saturated heterocycles. The summed E-state index contributed by atoms with van der Waals surface area (Å²) in [6, 6.07) is 3.16. The molecule has 0 radical (unpaired) electrons. The normalized spacial score (nSPS) is 12.3. The molecule has 1 aromatic carbocycles. The Morgan fingerprint density at radius 1 is 1.53 bits per heavy atom. The molecule has 0 amide bonds. The third kappa shape index (κ3) is 2.58. The van der Waals surface area contributed by atoms with Crippen molar-refractivity contribution in [2.45, 2.75) is 19.9 Å². The number of hydrogen-bond acceptors (Lipinski definition) is 3. The Hall–Kier alpha value is -0.870. The third-order valence-electron chi connectivity index (χ3n) is 2.08. The lowest BCUT2D eigenvalue weighted by Gasteiger charge is -2.12. The zero-order valence-corrected chi connectivity index (χ0v) is 10.6. The number of nitrogens with two attached hydrogens (primary N) is 1. The number of aryl methyl sites for hydroxylation is 1. The molecule has 0 heterocycles. The maximum Gasteiger partial charge on any atom is 0.184 e. The van der Waals surface area contributed by atoms with Crippen LogP contribution >= 0.6 is 15.9 Å². The first-order valence-electron chi connectivity index (χ1n) is 4.61. The zero-order valence-electron chi connectivity index (χ0n) is 9.00. The van der Waals surface area contributed by atoms with E-state index in [2.05, 4.69) is 15.9 Å². The molecule has 0 aromatic heterocycles. The van der Waals surface area contributed by atoms with Gasteiger partial charge >= 0.3 is 0 Å². The number of hydrogen-bond donors (Lipinski definition) is 1. The molecule has 1 unspecified atom stereocenters. The minimum Gasteiger partial charge on any atom is -0.496 e. The van der Waals surface area contributed by atoms with Crippen molar-refractivity contribution in [2.75, 3.05) is 7.11 Å². The Kier molecular flexibility index (Phi) is 3.88. The van der Waals surface area contributed by atoms with E-state index in [1.807, 2.05) is 19.1 Å². The van der Waals surface area contributed by atoms with Gasteiger partial charge in [0.1, 0.15) is 5.75 Å². The van der Waals surface area contributed by atoms with E-state index in [4.69, 9.17) is 10.5 Å². The van der Waals surface area contributed by atoms with Crippen molar-refractivity contribution in [3.05, 3.63) is 27.7 Å². The van der Waals surface area contributed by atoms with E-state index in [-0.39, 0.29) is 5.78 Å². The van der Waals surface area contributed by atoms with Gasteiger partial charge in [0.15, 0.2) is 5.78 Å². The molecule has 0 bridgehead atoms. The third-order valence-corrected chi connectivity index (χ3v) is 2.70. The van der Waals surface area contributed by atoms with Gasteiger partial charge in [0.2, 0.25) is 0 Å². The maximum atomic E-state index is 11.8. The minimum atomic E-state index is -0.530. The fraction of sp³-hybridized carbons (Fsp3) is 0.364. The SMILES string of the molecule is COc1cc(C)cc(Br)c1C(=O)C(C)N. The Morgan fingerprint density at radius 3 is 2.60 bits per heavy atom. The first kappa shape index (κ1) is 12.2. The highest BCUT2D eigenvalue weighted by molar-refractivity contribution is 9.10. The monoisotopic (exact) mass is 271 g/mol. The highest BCUT2D eigenvalue weighted by Gasteiger charge is 2.19. The van der Waals surface area contributed by atoms with Gasteiger partial charge in [-0.15, -0.1) is 0 Å². The lowest BCUT2D eigenvalue weighted by molar-refractivity contribution is 0.0964. The molecule has 0 saturated carbocycles. The second-order valence-electron chi connectivity index (χ2n) is 3.48. The molecule has 1 rings (SSSR count).